The molecule has 0 heterocycles. The molecule has 0 spiro atoms. The van der Waals surface area contributed by atoms with Gasteiger partial charge in [-0.2, -0.15) is 13.2 Å². The van der Waals surface area contributed by atoms with Crippen LogP contribution in [-0.4, -0.2) is 16.2 Å². The summed E-state index contributed by atoms with van der Waals surface area (Å²) in [4.78, 5) is 11.1. The van der Waals surface area contributed by atoms with Gasteiger partial charge in [0.1, 0.15) is 5.75 Å². The highest BCUT2D eigenvalue weighted by Crippen LogP contribution is 2.53. The van der Waals surface area contributed by atoms with E-state index in [4.69, 9.17) is 5.11 Å². The van der Waals surface area contributed by atoms with E-state index in [0.717, 1.165) is 6.07 Å². The Labute approximate surface area is 108 Å². The number of carboxylic acids is 1. The third-order valence-electron chi connectivity index (χ3n) is 3.07. The highest BCUT2D eigenvalue weighted by molar-refractivity contribution is 9.10. The number of phenols is 1. The number of aromatic hydroxyl groups is 1. The number of hydrogen-bond acceptors (Lipinski definition) is 2. The maximum atomic E-state index is 12.6. The van der Waals surface area contributed by atoms with Crippen LogP contribution < -0.4 is 0 Å². The maximum Gasteiger partial charge on any atom is 0.416 e. The van der Waals surface area contributed by atoms with Crippen molar-refractivity contribution in [1.82, 2.24) is 0 Å². The number of carboxylic acid groups (broad SMARTS) is 1. The van der Waals surface area contributed by atoms with Crippen LogP contribution in [0.1, 0.15) is 24.0 Å². The third kappa shape index (κ3) is 1.96. The molecular formula is C11H8BrF3O3. The van der Waals surface area contributed by atoms with Gasteiger partial charge in [-0.15, -0.1) is 0 Å². The summed E-state index contributed by atoms with van der Waals surface area (Å²) in [6.07, 6.45) is -4.13. The van der Waals surface area contributed by atoms with Crippen molar-refractivity contribution in [2.45, 2.75) is 24.4 Å². The Kier molecular flexibility index (Phi) is 2.84. The second-order valence-electron chi connectivity index (χ2n) is 4.24. The smallest absolute Gasteiger partial charge is 0.416 e. The molecule has 18 heavy (non-hydrogen) atoms. The number of alkyl halides is 3. The molecule has 0 aliphatic heterocycles. The Balaban J connectivity index is 2.61. The molecule has 2 rings (SSSR count). The molecule has 0 atom stereocenters. The lowest BCUT2D eigenvalue weighted by Crippen LogP contribution is -2.20. The quantitative estimate of drug-likeness (QED) is 0.877. The van der Waals surface area contributed by atoms with Crippen molar-refractivity contribution in [2.24, 2.45) is 0 Å². The van der Waals surface area contributed by atoms with Crippen molar-refractivity contribution in [2.75, 3.05) is 0 Å². The first-order valence-corrected chi connectivity index (χ1v) is 5.81. The summed E-state index contributed by atoms with van der Waals surface area (Å²) in [6, 6.07) is 1.44. The zero-order valence-corrected chi connectivity index (χ0v) is 10.5. The molecule has 1 aliphatic rings. The lowest BCUT2D eigenvalue weighted by Gasteiger charge is -2.16. The molecule has 1 aromatic carbocycles. The minimum atomic E-state index is -4.58. The van der Waals surface area contributed by atoms with Gasteiger partial charge in [-0.25, -0.2) is 0 Å². The topological polar surface area (TPSA) is 57.5 Å². The highest BCUT2D eigenvalue weighted by atomic mass is 79.9. The average Bonchev–Trinajstić information content (AvgIpc) is 3.01. The first-order chi connectivity index (χ1) is 8.18. The molecule has 0 aromatic heterocycles. The Bertz CT molecular complexity index is 521. The van der Waals surface area contributed by atoms with E-state index >= 15 is 0 Å². The zero-order chi connectivity index (χ0) is 13.7. The molecule has 0 unspecified atom stereocenters. The summed E-state index contributed by atoms with van der Waals surface area (Å²) in [7, 11) is 0. The van der Waals surface area contributed by atoms with Crippen molar-refractivity contribution < 1.29 is 28.2 Å². The van der Waals surface area contributed by atoms with Crippen molar-refractivity contribution in [3.63, 3.8) is 0 Å². The van der Waals surface area contributed by atoms with Gasteiger partial charge >= 0.3 is 12.1 Å². The van der Waals surface area contributed by atoms with Crippen LogP contribution in [0.4, 0.5) is 13.2 Å². The van der Waals surface area contributed by atoms with E-state index in [2.05, 4.69) is 15.9 Å². The van der Waals surface area contributed by atoms with Crippen LogP contribution in [0.15, 0.2) is 16.6 Å². The minimum Gasteiger partial charge on any atom is -0.506 e. The molecule has 3 nitrogen and oxygen atoms in total. The van der Waals surface area contributed by atoms with E-state index in [1.807, 2.05) is 0 Å². The molecule has 98 valence electrons. The first kappa shape index (κ1) is 13.2. The van der Waals surface area contributed by atoms with Crippen LogP contribution in [0.5, 0.6) is 5.75 Å². The van der Waals surface area contributed by atoms with Crippen LogP contribution in [-0.2, 0) is 16.4 Å². The average molecular weight is 325 g/mol. The van der Waals surface area contributed by atoms with E-state index in [0.29, 0.717) is 6.07 Å². The van der Waals surface area contributed by atoms with Gasteiger partial charge in [-0.1, -0.05) is 0 Å². The number of benzene rings is 1. The molecule has 1 aromatic rings. The number of phenolic OH excluding ortho intramolecular Hbond substituents is 1. The number of carbonyl (C=O) groups is 1. The van der Waals surface area contributed by atoms with Crippen molar-refractivity contribution >= 4 is 21.9 Å². The summed E-state index contributed by atoms with van der Waals surface area (Å²) in [5.41, 5.74) is -2.54. The van der Waals surface area contributed by atoms with Gasteiger partial charge in [-0.3, -0.25) is 4.79 Å². The summed E-state index contributed by atoms with van der Waals surface area (Å²) in [6.45, 7) is 0. The third-order valence-corrected chi connectivity index (χ3v) is 3.67. The number of halogens is 4. The van der Waals surface area contributed by atoms with Crippen molar-refractivity contribution in [3.05, 3.63) is 27.7 Å². The van der Waals surface area contributed by atoms with Crippen molar-refractivity contribution in [3.8, 4) is 5.75 Å². The maximum absolute atomic E-state index is 12.6. The van der Waals surface area contributed by atoms with E-state index in [1.165, 1.54) is 0 Å². The predicted octanol–water partition coefficient (Wildman–Crippen LogP) is 3.29. The molecule has 0 radical (unpaired) electrons. The van der Waals surface area contributed by atoms with E-state index in [1.54, 1.807) is 0 Å². The Morgan fingerprint density at radius 1 is 1.33 bits per heavy atom. The first-order valence-electron chi connectivity index (χ1n) is 5.02. The number of aliphatic carboxylic acids is 1. The molecule has 1 fully saturated rings. The Hall–Kier alpha value is -1.24. The minimum absolute atomic E-state index is 0.153. The van der Waals surface area contributed by atoms with Gasteiger partial charge in [0.05, 0.1) is 15.5 Å². The van der Waals surface area contributed by atoms with Crippen LogP contribution in [0.3, 0.4) is 0 Å². The molecule has 2 N–H and O–H groups in total. The van der Waals surface area contributed by atoms with Gasteiger partial charge in [0.2, 0.25) is 0 Å². The van der Waals surface area contributed by atoms with Crippen LogP contribution in [0, 0.1) is 0 Å². The van der Waals surface area contributed by atoms with Gasteiger partial charge in [0.15, 0.2) is 0 Å². The van der Waals surface area contributed by atoms with Gasteiger partial charge in [-0.05, 0) is 40.9 Å². The summed E-state index contributed by atoms with van der Waals surface area (Å²) in [5.74, 6) is -1.66. The second-order valence-corrected chi connectivity index (χ2v) is 5.09. The summed E-state index contributed by atoms with van der Waals surface area (Å²) in [5, 5.41) is 18.8. The van der Waals surface area contributed by atoms with E-state index in [-0.39, 0.29) is 22.9 Å². The van der Waals surface area contributed by atoms with E-state index in [9.17, 15) is 23.1 Å². The van der Waals surface area contributed by atoms with Crippen LogP contribution in [0.2, 0.25) is 0 Å². The molecule has 0 amide bonds. The highest BCUT2D eigenvalue weighted by Gasteiger charge is 2.54. The molecule has 1 aliphatic carbocycles. The summed E-state index contributed by atoms with van der Waals surface area (Å²) >= 11 is 2.82. The molecule has 0 bridgehead atoms. The number of rotatable bonds is 2. The molecule has 0 saturated heterocycles. The Morgan fingerprint density at radius 2 is 1.89 bits per heavy atom. The standard InChI is InChI=1S/C11H8BrF3O3/c12-7-4-5(11(13,14)15)3-6(8(7)16)10(1-2-10)9(17)18/h3-4,16H,1-2H2,(H,17,18). The second kappa shape index (κ2) is 3.88. The van der Waals surface area contributed by atoms with Gasteiger partial charge < -0.3 is 10.2 Å². The van der Waals surface area contributed by atoms with Crippen LogP contribution in [0.25, 0.3) is 0 Å². The normalized spacial score (nSPS) is 17.6. The molecule has 7 heteroatoms. The molecular weight excluding hydrogens is 317 g/mol. The summed E-state index contributed by atoms with van der Waals surface area (Å²) < 4.78 is 37.8. The molecule has 1 saturated carbocycles. The fourth-order valence-corrected chi connectivity index (χ4v) is 2.31. The van der Waals surface area contributed by atoms with Gasteiger partial charge in [0, 0.05) is 5.56 Å². The Morgan fingerprint density at radius 3 is 2.28 bits per heavy atom. The zero-order valence-electron chi connectivity index (χ0n) is 8.88. The monoisotopic (exact) mass is 324 g/mol. The lowest BCUT2D eigenvalue weighted by molar-refractivity contribution is -0.141. The number of hydrogen-bond donors (Lipinski definition) is 2. The van der Waals surface area contributed by atoms with Crippen LogP contribution >= 0.6 is 15.9 Å². The van der Waals surface area contributed by atoms with Gasteiger partial charge in [0.25, 0.3) is 0 Å². The van der Waals surface area contributed by atoms with E-state index < -0.39 is 28.9 Å². The lowest BCUT2D eigenvalue weighted by atomic mass is 9.93. The fraction of sp³-hybridized carbons (Fsp3) is 0.364. The SMILES string of the molecule is O=C(O)C1(c2cc(C(F)(F)F)cc(Br)c2O)CC1. The fourth-order valence-electron chi connectivity index (χ4n) is 1.85. The van der Waals surface area contributed by atoms with Crippen molar-refractivity contribution in [1.29, 1.82) is 0 Å². The largest absolute Gasteiger partial charge is 0.506 e. The predicted molar refractivity (Wildman–Crippen MR) is 59.4 cm³/mol.